The fourth-order valence-electron chi connectivity index (χ4n) is 2.12. The molecule has 0 saturated carbocycles. The Balaban J connectivity index is 4.70. The second-order valence-electron chi connectivity index (χ2n) is 7.38. The molecule has 0 saturated heterocycles. The lowest BCUT2D eigenvalue weighted by Gasteiger charge is -2.43. The summed E-state index contributed by atoms with van der Waals surface area (Å²) in [7, 11) is -1.05. The molecular weight excluding hydrogens is 300 g/mol. The minimum Gasteiger partial charge on any atom is -0.373 e. The molecule has 0 heterocycles. The van der Waals surface area contributed by atoms with Crippen LogP contribution in [0.2, 0.25) is 0 Å². The van der Waals surface area contributed by atoms with Crippen LogP contribution >= 0.6 is 16.4 Å². The van der Waals surface area contributed by atoms with E-state index in [-0.39, 0.29) is 18.4 Å². The van der Waals surface area contributed by atoms with E-state index in [0.717, 1.165) is 26.1 Å². The lowest BCUT2D eigenvalue weighted by atomic mass is 10.2. The van der Waals surface area contributed by atoms with Gasteiger partial charge < -0.3 is 9.26 Å². The lowest BCUT2D eigenvalue weighted by molar-refractivity contribution is 0.169. The number of hydrogen-bond acceptors (Lipinski definition) is 3. The monoisotopic (exact) mass is 337 g/mol. The summed E-state index contributed by atoms with van der Waals surface area (Å²) in [5, 5.41) is 0.514. The molecule has 0 fully saturated rings. The third kappa shape index (κ3) is 10.2. The van der Waals surface area contributed by atoms with Crippen molar-refractivity contribution in [1.82, 2.24) is 4.86 Å². The van der Waals surface area contributed by atoms with E-state index < -0.39 is 8.30 Å². The number of nitrogens with one attached hydrogen (secondary N) is 1. The van der Waals surface area contributed by atoms with Gasteiger partial charge in [-0.2, -0.15) is 0 Å². The van der Waals surface area contributed by atoms with E-state index in [9.17, 15) is 0 Å². The van der Waals surface area contributed by atoms with Crippen LogP contribution in [0, 0.1) is 0 Å². The first-order chi connectivity index (χ1) is 9.62. The Kier molecular flexibility index (Phi) is 10.9. The molecule has 1 unspecified atom stereocenters. The van der Waals surface area contributed by atoms with Crippen LogP contribution in [0.4, 0.5) is 0 Å². The molecule has 1 N–H and O–H groups in total. The average Bonchev–Trinajstić information content (AvgIpc) is 2.32. The van der Waals surface area contributed by atoms with E-state index >= 15 is 0 Å². The molecule has 0 radical (unpaired) electrons. The van der Waals surface area contributed by atoms with Crippen molar-refractivity contribution in [2.75, 3.05) is 19.6 Å². The molecule has 128 valence electrons. The standard InChI is InChI=1S/C16H37NO2P2/c1-9-11-13-19-20(14-18-12-10-2)17-21(15(3,4)5)16(6,7)8/h17H,9-14H2,1-8H3. The van der Waals surface area contributed by atoms with Crippen molar-refractivity contribution in [3.05, 3.63) is 0 Å². The minimum atomic E-state index is -0.695. The van der Waals surface area contributed by atoms with Crippen molar-refractivity contribution < 1.29 is 9.26 Å². The smallest absolute Gasteiger partial charge is 0.132 e. The molecule has 0 rings (SSSR count). The van der Waals surface area contributed by atoms with Gasteiger partial charge in [0.25, 0.3) is 0 Å². The van der Waals surface area contributed by atoms with E-state index in [4.69, 9.17) is 9.26 Å². The van der Waals surface area contributed by atoms with E-state index in [0.29, 0.717) is 6.35 Å². The molecule has 5 heteroatoms. The summed E-state index contributed by atoms with van der Waals surface area (Å²) < 4.78 is 11.8. The van der Waals surface area contributed by atoms with E-state index in [1.54, 1.807) is 0 Å². The number of hydrogen-bond donors (Lipinski definition) is 1. The predicted octanol–water partition coefficient (Wildman–Crippen LogP) is 6.08. The molecule has 0 spiro atoms. The van der Waals surface area contributed by atoms with Crippen molar-refractivity contribution >= 4 is 16.4 Å². The Morgan fingerprint density at radius 1 is 0.857 bits per heavy atom. The molecule has 21 heavy (non-hydrogen) atoms. The second-order valence-corrected chi connectivity index (χ2v) is 12.8. The summed E-state index contributed by atoms with van der Waals surface area (Å²) in [5.74, 6) is 0. The molecule has 1 atom stereocenters. The van der Waals surface area contributed by atoms with Crippen LogP contribution in [-0.4, -0.2) is 29.9 Å². The zero-order valence-corrected chi connectivity index (χ0v) is 17.2. The Morgan fingerprint density at radius 2 is 1.43 bits per heavy atom. The molecule has 0 bridgehead atoms. The highest BCUT2D eigenvalue weighted by molar-refractivity contribution is 7.70. The molecule has 0 aromatic carbocycles. The Bertz CT molecular complexity index is 238. The van der Waals surface area contributed by atoms with Crippen LogP contribution in [0.1, 0.15) is 74.7 Å². The molecular formula is C16H37NO2P2. The Hall–Kier alpha value is 0.740. The van der Waals surface area contributed by atoms with Gasteiger partial charge in [0.15, 0.2) is 0 Å². The molecule has 0 aliphatic rings. The molecule has 0 amide bonds. The normalized spacial score (nSPS) is 14.7. The van der Waals surface area contributed by atoms with Gasteiger partial charge in [-0.15, -0.1) is 0 Å². The summed E-state index contributed by atoms with van der Waals surface area (Å²) in [5.41, 5.74) is 0. The quantitative estimate of drug-likeness (QED) is 0.387. The van der Waals surface area contributed by atoms with E-state index in [1.165, 1.54) is 6.42 Å². The fourth-order valence-corrected chi connectivity index (χ4v) is 8.61. The van der Waals surface area contributed by atoms with Gasteiger partial charge >= 0.3 is 0 Å². The van der Waals surface area contributed by atoms with Crippen LogP contribution in [0.5, 0.6) is 0 Å². The van der Waals surface area contributed by atoms with Crippen molar-refractivity contribution in [1.29, 1.82) is 0 Å². The van der Waals surface area contributed by atoms with Gasteiger partial charge in [-0.05, 0) is 31.2 Å². The molecule has 0 aromatic rings. The Morgan fingerprint density at radius 3 is 1.86 bits per heavy atom. The zero-order valence-electron chi connectivity index (χ0n) is 15.5. The van der Waals surface area contributed by atoms with Crippen LogP contribution in [0.25, 0.3) is 0 Å². The largest absolute Gasteiger partial charge is 0.373 e. The zero-order chi connectivity index (χ0) is 16.5. The number of rotatable bonds is 10. The summed E-state index contributed by atoms with van der Waals surface area (Å²) in [6.45, 7) is 19.9. The molecule has 0 aromatic heterocycles. The van der Waals surface area contributed by atoms with Gasteiger partial charge in [-0.3, -0.25) is 0 Å². The van der Waals surface area contributed by atoms with Crippen LogP contribution in [0.3, 0.4) is 0 Å². The second kappa shape index (κ2) is 10.5. The van der Waals surface area contributed by atoms with Gasteiger partial charge in [-0.1, -0.05) is 61.8 Å². The topological polar surface area (TPSA) is 30.5 Å². The number of ether oxygens (including phenoxy) is 1. The van der Waals surface area contributed by atoms with E-state index in [1.807, 2.05) is 0 Å². The maximum atomic E-state index is 6.09. The highest BCUT2D eigenvalue weighted by Gasteiger charge is 2.36. The van der Waals surface area contributed by atoms with Crippen molar-refractivity contribution in [2.45, 2.75) is 85.0 Å². The first kappa shape index (κ1) is 21.7. The number of unbranched alkanes of at least 4 members (excludes halogenated alkanes) is 1. The van der Waals surface area contributed by atoms with Gasteiger partial charge in [0.05, 0.1) is 6.61 Å². The van der Waals surface area contributed by atoms with Gasteiger partial charge in [-0.25, -0.2) is 4.86 Å². The average molecular weight is 337 g/mol. The van der Waals surface area contributed by atoms with E-state index in [2.05, 4.69) is 60.2 Å². The first-order valence-corrected chi connectivity index (χ1v) is 11.0. The van der Waals surface area contributed by atoms with Gasteiger partial charge in [0.1, 0.15) is 14.6 Å². The summed E-state index contributed by atoms with van der Waals surface area (Å²) >= 11 is 0. The highest BCUT2D eigenvalue weighted by atomic mass is 31.2. The molecule has 0 aliphatic heterocycles. The summed E-state index contributed by atoms with van der Waals surface area (Å²) in [6.07, 6.45) is 4.06. The van der Waals surface area contributed by atoms with Crippen molar-refractivity contribution in [3.63, 3.8) is 0 Å². The van der Waals surface area contributed by atoms with Crippen LogP contribution < -0.4 is 4.86 Å². The Labute approximate surface area is 135 Å². The first-order valence-electron chi connectivity index (χ1n) is 8.17. The summed E-state index contributed by atoms with van der Waals surface area (Å²) in [4.78, 5) is 3.83. The summed E-state index contributed by atoms with van der Waals surface area (Å²) in [6, 6.07) is 0. The minimum absolute atomic E-state index is 0.257. The van der Waals surface area contributed by atoms with Crippen molar-refractivity contribution in [3.8, 4) is 0 Å². The molecule has 0 aliphatic carbocycles. The lowest BCUT2D eigenvalue weighted by Crippen LogP contribution is -2.31. The van der Waals surface area contributed by atoms with Crippen LogP contribution in [0.15, 0.2) is 0 Å². The highest BCUT2D eigenvalue weighted by Crippen LogP contribution is 2.60. The van der Waals surface area contributed by atoms with Crippen molar-refractivity contribution in [2.24, 2.45) is 0 Å². The fraction of sp³-hybridized carbons (Fsp3) is 1.00. The maximum Gasteiger partial charge on any atom is 0.132 e. The van der Waals surface area contributed by atoms with Crippen LogP contribution in [-0.2, 0) is 9.26 Å². The van der Waals surface area contributed by atoms with Gasteiger partial charge in [0, 0.05) is 6.61 Å². The third-order valence-electron chi connectivity index (χ3n) is 2.86. The maximum absolute atomic E-state index is 6.09. The molecule has 3 nitrogen and oxygen atoms in total. The third-order valence-corrected chi connectivity index (χ3v) is 8.14. The predicted molar refractivity (Wildman–Crippen MR) is 98.5 cm³/mol. The SMILES string of the molecule is CCCCOP(COCCC)NP(C(C)(C)C)C(C)(C)C. The van der Waals surface area contributed by atoms with Gasteiger partial charge in [0.2, 0.25) is 0 Å².